The largest absolute Gasteiger partial charge is 0.412 e. The van der Waals surface area contributed by atoms with Crippen LogP contribution in [0.4, 0.5) is 10.5 Å². The molecule has 174 valence electrons. The first-order valence-electron chi connectivity index (χ1n) is 9.64. The van der Waals surface area contributed by atoms with Gasteiger partial charge in [0.15, 0.2) is 0 Å². The summed E-state index contributed by atoms with van der Waals surface area (Å²) in [6, 6.07) is 8.71. The van der Waals surface area contributed by atoms with E-state index in [2.05, 4.69) is 4.74 Å². The summed E-state index contributed by atoms with van der Waals surface area (Å²) in [4.78, 5) is 48.1. The molecule has 0 radical (unpaired) electrons. The molecule has 0 saturated heterocycles. The number of aryl methyl sites for hydroxylation is 1. The number of esters is 1. The normalized spacial score (nSPS) is 15.4. The summed E-state index contributed by atoms with van der Waals surface area (Å²) in [5, 5.41) is 16.2. The second-order valence-corrected chi connectivity index (χ2v) is 8.95. The number of ether oxygens (including phenoxy) is 1. The highest BCUT2D eigenvalue weighted by Crippen LogP contribution is 2.28. The monoisotopic (exact) mass is 476 g/mol. The number of rotatable bonds is 6. The number of primary sulfonamides is 1. The number of benzene rings is 2. The molecule has 4 N–H and O–H groups in total. The van der Waals surface area contributed by atoms with E-state index in [-0.39, 0.29) is 36.4 Å². The standard InChI is InChI=1S/C20H20N4O8S/c21-20(27)32-19(26)17-10-13-5-6-15(24(28)29)9-14(13)11-23(17)18(25)7-4-12-2-1-3-16(8-12)33(22,30)31/h1-3,5-6,8-9,17H,4,7,10-11H2,(H2,21,27)(H2,22,30,31). The minimum Gasteiger partial charge on any atom is -0.375 e. The van der Waals surface area contributed by atoms with E-state index < -0.39 is 39.0 Å². The van der Waals surface area contributed by atoms with Crippen LogP contribution in [0.15, 0.2) is 47.4 Å². The van der Waals surface area contributed by atoms with Gasteiger partial charge in [0, 0.05) is 31.5 Å². The Morgan fingerprint density at radius 3 is 2.52 bits per heavy atom. The maximum Gasteiger partial charge on any atom is 0.412 e. The molecule has 0 fully saturated rings. The first-order chi connectivity index (χ1) is 15.5. The van der Waals surface area contributed by atoms with Crippen molar-refractivity contribution in [3.63, 3.8) is 0 Å². The van der Waals surface area contributed by atoms with Crippen LogP contribution in [0.2, 0.25) is 0 Å². The van der Waals surface area contributed by atoms with Gasteiger partial charge in [-0.25, -0.2) is 23.1 Å². The van der Waals surface area contributed by atoms with Crippen molar-refractivity contribution in [3.8, 4) is 0 Å². The van der Waals surface area contributed by atoms with Gasteiger partial charge in [-0.2, -0.15) is 0 Å². The molecule has 2 aromatic rings. The molecule has 12 nitrogen and oxygen atoms in total. The minimum absolute atomic E-state index is 0.0217. The summed E-state index contributed by atoms with van der Waals surface area (Å²) < 4.78 is 27.5. The van der Waals surface area contributed by atoms with Crippen LogP contribution in [0.25, 0.3) is 0 Å². The van der Waals surface area contributed by atoms with E-state index in [0.29, 0.717) is 16.7 Å². The van der Waals surface area contributed by atoms with Crippen molar-refractivity contribution in [2.75, 3.05) is 0 Å². The third-order valence-corrected chi connectivity index (χ3v) is 6.09. The third-order valence-electron chi connectivity index (χ3n) is 5.18. The van der Waals surface area contributed by atoms with E-state index in [1.54, 1.807) is 6.07 Å². The molecule has 3 rings (SSSR count). The molecule has 13 heteroatoms. The van der Waals surface area contributed by atoms with E-state index in [1.165, 1.54) is 41.3 Å². The predicted molar refractivity (Wildman–Crippen MR) is 113 cm³/mol. The summed E-state index contributed by atoms with van der Waals surface area (Å²) in [6.07, 6.45) is -1.32. The van der Waals surface area contributed by atoms with Gasteiger partial charge >= 0.3 is 12.1 Å². The van der Waals surface area contributed by atoms with Crippen molar-refractivity contribution in [1.29, 1.82) is 0 Å². The molecule has 0 spiro atoms. The first kappa shape index (κ1) is 23.8. The van der Waals surface area contributed by atoms with Crippen LogP contribution in [0.1, 0.15) is 23.1 Å². The van der Waals surface area contributed by atoms with E-state index >= 15 is 0 Å². The van der Waals surface area contributed by atoms with Crippen molar-refractivity contribution in [2.45, 2.75) is 36.7 Å². The third kappa shape index (κ3) is 5.70. The second-order valence-electron chi connectivity index (χ2n) is 7.38. The fourth-order valence-corrected chi connectivity index (χ4v) is 4.18. The number of fused-ring (bicyclic) bond motifs is 1. The first-order valence-corrected chi connectivity index (χ1v) is 11.2. The Morgan fingerprint density at radius 1 is 1.15 bits per heavy atom. The quantitative estimate of drug-likeness (QED) is 0.264. The Labute approximate surface area is 188 Å². The van der Waals surface area contributed by atoms with Gasteiger partial charge in [-0.1, -0.05) is 18.2 Å². The fraction of sp³-hybridized carbons (Fsp3) is 0.250. The van der Waals surface area contributed by atoms with Gasteiger partial charge in [0.1, 0.15) is 6.04 Å². The van der Waals surface area contributed by atoms with Crippen LogP contribution in [-0.4, -0.2) is 42.3 Å². The SMILES string of the molecule is NC(=O)OC(=O)C1Cc2ccc([N+](=O)[O-])cc2CN1C(=O)CCc1cccc(S(N)(=O)=O)c1. The van der Waals surface area contributed by atoms with Crippen LogP contribution in [0.5, 0.6) is 0 Å². The van der Waals surface area contributed by atoms with E-state index in [4.69, 9.17) is 10.9 Å². The number of hydrogen-bond acceptors (Lipinski definition) is 8. The number of nitro groups is 1. The topological polar surface area (TPSA) is 193 Å². The van der Waals surface area contributed by atoms with Crippen molar-refractivity contribution >= 4 is 33.7 Å². The molecule has 0 aromatic heterocycles. The number of nitrogens with two attached hydrogens (primary N) is 2. The van der Waals surface area contributed by atoms with Crippen LogP contribution >= 0.6 is 0 Å². The van der Waals surface area contributed by atoms with Gasteiger partial charge < -0.3 is 15.4 Å². The van der Waals surface area contributed by atoms with Gasteiger partial charge in [0.05, 0.1) is 9.82 Å². The number of amides is 2. The van der Waals surface area contributed by atoms with Crippen molar-refractivity contribution < 1.29 is 32.5 Å². The lowest BCUT2D eigenvalue weighted by atomic mass is 9.93. The average molecular weight is 476 g/mol. The molecular formula is C20H20N4O8S. The molecule has 0 aliphatic carbocycles. The Morgan fingerprint density at radius 2 is 1.88 bits per heavy atom. The zero-order valence-electron chi connectivity index (χ0n) is 17.2. The predicted octanol–water partition coefficient (Wildman–Crippen LogP) is 0.750. The maximum atomic E-state index is 13.0. The van der Waals surface area contributed by atoms with Gasteiger partial charge in [0.25, 0.3) is 5.69 Å². The summed E-state index contributed by atoms with van der Waals surface area (Å²) in [5.41, 5.74) is 6.37. The highest BCUT2D eigenvalue weighted by atomic mass is 32.2. The molecule has 2 aromatic carbocycles. The molecule has 1 aliphatic rings. The van der Waals surface area contributed by atoms with Crippen LogP contribution in [0.3, 0.4) is 0 Å². The highest BCUT2D eigenvalue weighted by Gasteiger charge is 2.36. The lowest BCUT2D eigenvalue weighted by molar-refractivity contribution is -0.385. The molecule has 33 heavy (non-hydrogen) atoms. The van der Waals surface area contributed by atoms with Crippen molar-refractivity contribution in [1.82, 2.24) is 4.90 Å². The number of nitro benzene ring substituents is 1. The number of non-ortho nitro benzene ring substituents is 1. The molecule has 0 bridgehead atoms. The van der Waals surface area contributed by atoms with E-state index in [1.807, 2.05) is 0 Å². The minimum atomic E-state index is -3.92. The number of primary amides is 1. The van der Waals surface area contributed by atoms with E-state index in [9.17, 15) is 32.9 Å². The zero-order valence-corrected chi connectivity index (χ0v) is 18.0. The summed E-state index contributed by atoms with van der Waals surface area (Å²) >= 11 is 0. The number of hydrogen-bond donors (Lipinski definition) is 2. The smallest absolute Gasteiger partial charge is 0.375 e. The van der Waals surface area contributed by atoms with Crippen LogP contribution in [0, 0.1) is 10.1 Å². The fourth-order valence-electron chi connectivity index (χ4n) is 3.60. The highest BCUT2D eigenvalue weighted by molar-refractivity contribution is 7.89. The summed E-state index contributed by atoms with van der Waals surface area (Å²) in [6.45, 7) is -0.119. The summed E-state index contributed by atoms with van der Waals surface area (Å²) in [5.74, 6) is -1.52. The molecule has 1 aliphatic heterocycles. The van der Waals surface area contributed by atoms with E-state index in [0.717, 1.165) is 0 Å². The Hall–Kier alpha value is -3.84. The lowest BCUT2D eigenvalue weighted by Gasteiger charge is -2.35. The Balaban J connectivity index is 1.84. The second kappa shape index (κ2) is 9.34. The number of sulfonamides is 1. The number of nitrogens with zero attached hydrogens (tertiary/aromatic N) is 2. The number of carbonyl (C=O) groups is 3. The lowest BCUT2D eigenvalue weighted by Crippen LogP contribution is -2.50. The van der Waals surface area contributed by atoms with Crippen LogP contribution < -0.4 is 10.9 Å². The zero-order chi connectivity index (χ0) is 24.3. The average Bonchev–Trinajstić information content (AvgIpc) is 2.75. The molecule has 1 unspecified atom stereocenters. The molecule has 1 heterocycles. The van der Waals surface area contributed by atoms with Gasteiger partial charge in [-0.05, 0) is 35.2 Å². The Kier molecular flexibility index (Phi) is 6.74. The molecular weight excluding hydrogens is 456 g/mol. The van der Waals surface area contributed by atoms with Gasteiger partial charge in [-0.15, -0.1) is 0 Å². The Bertz CT molecular complexity index is 1240. The van der Waals surface area contributed by atoms with Crippen molar-refractivity contribution in [3.05, 3.63) is 69.3 Å². The molecule has 0 saturated carbocycles. The van der Waals surface area contributed by atoms with Gasteiger partial charge in [0.2, 0.25) is 15.9 Å². The number of carbonyl (C=O) groups excluding carboxylic acids is 3. The molecule has 2 amide bonds. The maximum absolute atomic E-state index is 13.0. The van der Waals surface area contributed by atoms with Crippen molar-refractivity contribution in [2.24, 2.45) is 10.9 Å². The van der Waals surface area contributed by atoms with Gasteiger partial charge in [-0.3, -0.25) is 14.9 Å². The van der Waals surface area contributed by atoms with Crippen LogP contribution in [-0.2, 0) is 43.7 Å². The molecule has 1 atom stereocenters. The summed E-state index contributed by atoms with van der Waals surface area (Å²) in [7, 11) is -3.92.